The number of amides is 1. The summed E-state index contributed by atoms with van der Waals surface area (Å²) in [5.41, 5.74) is 2.56. The van der Waals surface area contributed by atoms with Crippen LogP contribution in [0.3, 0.4) is 0 Å². The number of H-pyrrole nitrogens is 1. The number of aromatic nitrogens is 2. The summed E-state index contributed by atoms with van der Waals surface area (Å²) in [7, 11) is 1.61. The molecular formula is C17H19N3O3S. The summed E-state index contributed by atoms with van der Waals surface area (Å²) in [4.78, 5) is 31.1. The van der Waals surface area contributed by atoms with Crippen molar-refractivity contribution in [2.75, 3.05) is 12.9 Å². The van der Waals surface area contributed by atoms with Crippen LogP contribution >= 0.6 is 11.8 Å². The molecule has 0 saturated carbocycles. The number of fused-ring (bicyclic) bond motifs is 1. The average Bonchev–Trinajstić information content (AvgIpc) is 3.07. The van der Waals surface area contributed by atoms with Crippen LogP contribution in [0, 0.1) is 0 Å². The number of ether oxygens (including phenoxy) is 1. The van der Waals surface area contributed by atoms with Gasteiger partial charge in [-0.3, -0.25) is 9.59 Å². The van der Waals surface area contributed by atoms with Gasteiger partial charge in [0, 0.05) is 12.1 Å². The van der Waals surface area contributed by atoms with Gasteiger partial charge in [-0.15, -0.1) is 0 Å². The second kappa shape index (κ2) is 7.53. The fourth-order valence-corrected chi connectivity index (χ4v) is 3.36. The fraction of sp³-hybridized carbons (Fsp3) is 0.353. The third-order valence-electron chi connectivity index (χ3n) is 3.88. The number of methoxy groups -OCH3 is 1. The SMILES string of the molecule is COc1cccc(CNC(=O)CSc2nc3c(c(=O)[nH]2)CCC3)c1. The molecule has 126 valence electrons. The second-order valence-corrected chi connectivity index (χ2v) is 6.53. The van der Waals surface area contributed by atoms with Crippen molar-refractivity contribution in [3.05, 3.63) is 51.4 Å². The van der Waals surface area contributed by atoms with Gasteiger partial charge in [-0.2, -0.15) is 0 Å². The molecule has 1 amide bonds. The first-order chi connectivity index (χ1) is 11.7. The van der Waals surface area contributed by atoms with Crippen LogP contribution in [-0.2, 0) is 24.2 Å². The van der Waals surface area contributed by atoms with Crippen LogP contribution in [0.5, 0.6) is 5.75 Å². The molecule has 0 radical (unpaired) electrons. The highest BCUT2D eigenvalue weighted by Crippen LogP contribution is 2.19. The van der Waals surface area contributed by atoms with E-state index in [9.17, 15) is 9.59 Å². The highest BCUT2D eigenvalue weighted by molar-refractivity contribution is 7.99. The van der Waals surface area contributed by atoms with Gasteiger partial charge in [0.15, 0.2) is 5.16 Å². The summed E-state index contributed by atoms with van der Waals surface area (Å²) in [6, 6.07) is 7.55. The summed E-state index contributed by atoms with van der Waals surface area (Å²) in [6.45, 7) is 0.435. The number of aromatic amines is 1. The van der Waals surface area contributed by atoms with Gasteiger partial charge in [-0.1, -0.05) is 23.9 Å². The van der Waals surface area contributed by atoms with Crippen LogP contribution in [0.15, 0.2) is 34.2 Å². The number of aryl methyl sites for hydroxylation is 1. The van der Waals surface area contributed by atoms with Gasteiger partial charge in [0.25, 0.3) is 5.56 Å². The lowest BCUT2D eigenvalue weighted by Gasteiger charge is -2.07. The topological polar surface area (TPSA) is 84.1 Å². The monoisotopic (exact) mass is 345 g/mol. The van der Waals surface area contributed by atoms with Crippen molar-refractivity contribution in [3.8, 4) is 5.75 Å². The Kier molecular flexibility index (Phi) is 5.20. The third-order valence-corrected chi connectivity index (χ3v) is 4.76. The molecular weight excluding hydrogens is 326 g/mol. The summed E-state index contributed by atoms with van der Waals surface area (Å²) in [5.74, 6) is 0.869. The Labute approximate surface area is 144 Å². The Hall–Kier alpha value is -2.28. The lowest BCUT2D eigenvalue weighted by Crippen LogP contribution is -2.25. The molecule has 0 spiro atoms. The van der Waals surface area contributed by atoms with Crippen molar-refractivity contribution in [2.24, 2.45) is 0 Å². The Morgan fingerprint density at radius 2 is 2.29 bits per heavy atom. The molecule has 6 nitrogen and oxygen atoms in total. The van der Waals surface area contributed by atoms with Crippen molar-refractivity contribution >= 4 is 17.7 Å². The highest BCUT2D eigenvalue weighted by Gasteiger charge is 2.17. The lowest BCUT2D eigenvalue weighted by atomic mass is 10.2. The number of rotatable bonds is 6. The van der Waals surface area contributed by atoms with E-state index in [1.165, 1.54) is 11.8 Å². The molecule has 2 N–H and O–H groups in total. The molecule has 1 aromatic heterocycles. The molecule has 0 fully saturated rings. The zero-order valence-electron chi connectivity index (χ0n) is 13.4. The number of hydrogen-bond acceptors (Lipinski definition) is 5. The summed E-state index contributed by atoms with van der Waals surface area (Å²) in [6.07, 6.45) is 2.61. The van der Waals surface area contributed by atoms with E-state index in [1.807, 2.05) is 24.3 Å². The Balaban J connectivity index is 1.52. The molecule has 0 bridgehead atoms. The standard InChI is InChI=1S/C17H19N3O3S/c1-23-12-5-2-4-11(8-12)9-18-15(21)10-24-17-19-14-7-3-6-13(14)16(22)20-17/h2,4-5,8H,3,6-7,9-10H2,1H3,(H,18,21)(H,19,20,22). The lowest BCUT2D eigenvalue weighted by molar-refractivity contribution is -0.118. The van der Waals surface area contributed by atoms with Gasteiger partial charge in [-0.25, -0.2) is 4.98 Å². The van der Waals surface area contributed by atoms with Crippen LogP contribution < -0.4 is 15.6 Å². The predicted molar refractivity (Wildman–Crippen MR) is 92.4 cm³/mol. The first-order valence-electron chi connectivity index (χ1n) is 7.80. The van der Waals surface area contributed by atoms with E-state index in [-0.39, 0.29) is 17.2 Å². The molecule has 0 atom stereocenters. The van der Waals surface area contributed by atoms with Crippen LogP contribution in [-0.4, -0.2) is 28.7 Å². The van der Waals surface area contributed by atoms with Crippen LogP contribution in [0.1, 0.15) is 23.2 Å². The van der Waals surface area contributed by atoms with Gasteiger partial charge < -0.3 is 15.0 Å². The fourth-order valence-electron chi connectivity index (χ4n) is 2.66. The summed E-state index contributed by atoms with van der Waals surface area (Å²) in [5, 5.41) is 3.36. The maximum atomic E-state index is 12.0. The first kappa shape index (κ1) is 16.6. The van der Waals surface area contributed by atoms with Crippen molar-refractivity contribution in [3.63, 3.8) is 0 Å². The maximum absolute atomic E-state index is 12.0. The molecule has 7 heteroatoms. The van der Waals surface area contributed by atoms with Crippen molar-refractivity contribution in [2.45, 2.75) is 31.0 Å². The molecule has 1 aliphatic rings. The van der Waals surface area contributed by atoms with E-state index < -0.39 is 0 Å². The first-order valence-corrected chi connectivity index (χ1v) is 8.79. The van der Waals surface area contributed by atoms with Crippen LogP contribution in [0.2, 0.25) is 0 Å². The largest absolute Gasteiger partial charge is 0.497 e. The Morgan fingerprint density at radius 1 is 1.42 bits per heavy atom. The zero-order valence-corrected chi connectivity index (χ0v) is 14.2. The van der Waals surface area contributed by atoms with E-state index in [1.54, 1.807) is 7.11 Å². The van der Waals surface area contributed by atoms with E-state index in [0.29, 0.717) is 11.7 Å². The number of nitrogens with one attached hydrogen (secondary N) is 2. The predicted octanol–water partition coefficient (Wildman–Crippen LogP) is 1.68. The number of hydrogen-bond donors (Lipinski definition) is 2. The Morgan fingerprint density at radius 3 is 3.12 bits per heavy atom. The minimum atomic E-state index is -0.106. The van der Waals surface area contributed by atoms with Gasteiger partial charge in [0.05, 0.1) is 18.6 Å². The average molecular weight is 345 g/mol. The molecule has 24 heavy (non-hydrogen) atoms. The van der Waals surface area contributed by atoms with Crippen molar-refractivity contribution in [1.82, 2.24) is 15.3 Å². The van der Waals surface area contributed by atoms with Gasteiger partial charge >= 0.3 is 0 Å². The number of thioether (sulfide) groups is 1. The molecule has 1 aliphatic carbocycles. The molecule has 0 aliphatic heterocycles. The van der Waals surface area contributed by atoms with Crippen molar-refractivity contribution < 1.29 is 9.53 Å². The Bertz CT molecular complexity index is 804. The van der Waals surface area contributed by atoms with E-state index in [0.717, 1.165) is 41.8 Å². The maximum Gasteiger partial charge on any atom is 0.254 e. The third kappa shape index (κ3) is 3.97. The molecule has 1 heterocycles. The number of carbonyl (C=O) groups is 1. The normalized spacial score (nSPS) is 12.7. The quantitative estimate of drug-likeness (QED) is 0.615. The number of carbonyl (C=O) groups excluding carboxylic acids is 1. The molecule has 0 saturated heterocycles. The van der Waals surface area contributed by atoms with Gasteiger partial charge in [-0.05, 0) is 37.0 Å². The minimum Gasteiger partial charge on any atom is -0.497 e. The zero-order chi connectivity index (χ0) is 16.9. The second-order valence-electron chi connectivity index (χ2n) is 5.57. The highest BCUT2D eigenvalue weighted by atomic mass is 32.2. The van der Waals surface area contributed by atoms with Gasteiger partial charge in [0.2, 0.25) is 5.91 Å². The molecule has 2 aromatic rings. The van der Waals surface area contributed by atoms with Crippen LogP contribution in [0.4, 0.5) is 0 Å². The molecule has 3 rings (SSSR count). The molecule has 1 aromatic carbocycles. The summed E-state index contributed by atoms with van der Waals surface area (Å²) < 4.78 is 5.16. The smallest absolute Gasteiger partial charge is 0.254 e. The van der Waals surface area contributed by atoms with Gasteiger partial charge in [0.1, 0.15) is 5.75 Å². The van der Waals surface area contributed by atoms with Crippen LogP contribution in [0.25, 0.3) is 0 Å². The minimum absolute atomic E-state index is 0.0724. The molecule has 0 unspecified atom stereocenters. The van der Waals surface area contributed by atoms with E-state index >= 15 is 0 Å². The number of nitrogens with zero attached hydrogens (tertiary/aromatic N) is 1. The van der Waals surface area contributed by atoms with Crippen molar-refractivity contribution in [1.29, 1.82) is 0 Å². The summed E-state index contributed by atoms with van der Waals surface area (Å²) >= 11 is 1.25. The van der Waals surface area contributed by atoms with E-state index in [2.05, 4.69) is 15.3 Å². The van der Waals surface area contributed by atoms with E-state index in [4.69, 9.17) is 4.74 Å². The number of benzene rings is 1.